The molecule has 2 radical (unpaired) electrons. The molecule has 0 saturated carbocycles. The van der Waals surface area contributed by atoms with Crippen LogP contribution in [0.3, 0.4) is 0 Å². The second-order valence-electron chi connectivity index (χ2n) is 19.5. The van der Waals surface area contributed by atoms with Crippen LogP contribution in [0.2, 0.25) is 0 Å². The molecule has 2 aromatic carbocycles. The van der Waals surface area contributed by atoms with Crippen molar-refractivity contribution in [2.75, 3.05) is 66.7 Å². The number of benzene rings is 2. The summed E-state index contributed by atoms with van der Waals surface area (Å²) in [6, 6.07) is 12.1. The van der Waals surface area contributed by atoms with Crippen molar-refractivity contribution in [1.82, 2.24) is 9.80 Å². The number of nitrogens with zero attached hydrogens (tertiary/aromatic N) is 2. The first-order valence-corrected chi connectivity index (χ1v) is 20.9. The molecular formula is C50H70Cu2N2O10. The SMILES string of the molecule is CC(C)(C)C(=O)/C=C(\[O-])c1cccc(C(=O)/C=C(\[O-])C(C)(C)C)c1.CC(C)(C)C(=O)/C=C(\[O-])c1cccc(C(=O)/C=C(\[O-])C(C)(C)C)c1.CN1CCOCC1.CN1CCOCC1.[Cu+2].[Cu+2]. The van der Waals surface area contributed by atoms with Crippen LogP contribution in [0, 0.1) is 21.7 Å². The molecule has 0 aromatic heterocycles. The van der Waals surface area contributed by atoms with Gasteiger partial charge < -0.3 is 39.7 Å². The van der Waals surface area contributed by atoms with Crippen molar-refractivity contribution < 1.29 is 83.2 Å². The molecule has 0 unspecified atom stereocenters. The van der Waals surface area contributed by atoms with Crippen LogP contribution in [-0.4, -0.2) is 99.6 Å². The number of morpholine rings is 2. The molecule has 2 saturated heterocycles. The second-order valence-corrected chi connectivity index (χ2v) is 19.5. The number of rotatable bonds is 8. The summed E-state index contributed by atoms with van der Waals surface area (Å²) in [5.74, 6) is -2.92. The first-order chi connectivity index (χ1) is 28.4. The average molecular weight is 986 g/mol. The molecule has 2 aliphatic heterocycles. The standard InChI is InChI=1S/2C20H26O4.2C5H11NO.2Cu/c2*1-19(2,3)17(23)11-15(21)13-8-7-9-14(10-13)16(22)12-18(24)20(4,5)6;2*1-6-2-4-7-5-3-6;;/h2*7-12,21,24H,1-6H3;2*2-5H2,1H3;;/q;;;;2*+2/p-4/b2*15-11-,18-12-;;;;. The normalized spacial score (nSPS) is 15.8. The number of hydrogen-bond acceptors (Lipinski definition) is 12. The summed E-state index contributed by atoms with van der Waals surface area (Å²) in [5.41, 5.74) is -1.59. The van der Waals surface area contributed by atoms with Gasteiger partial charge in [0.2, 0.25) is 0 Å². The Kier molecular flexibility index (Phi) is 27.5. The van der Waals surface area contributed by atoms with Crippen LogP contribution < -0.4 is 20.4 Å². The van der Waals surface area contributed by atoms with E-state index >= 15 is 0 Å². The van der Waals surface area contributed by atoms with E-state index in [0.29, 0.717) is 0 Å². The van der Waals surface area contributed by atoms with E-state index in [1.807, 2.05) is 0 Å². The van der Waals surface area contributed by atoms with E-state index in [-0.39, 0.29) is 79.5 Å². The first kappa shape index (κ1) is 62.2. The number of hydrogen-bond donors (Lipinski definition) is 0. The van der Waals surface area contributed by atoms with Crippen LogP contribution in [0.4, 0.5) is 0 Å². The minimum absolute atomic E-state index is 0. The van der Waals surface area contributed by atoms with Crippen molar-refractivity contribution in [1.29, 1.82) is 0 Å². The molecule has 2 heterocycles. The Bertz CT molecular complexity index is 1790. The van der Waals surface area contributed by atoms with E-state index in [1.165, 1.54) is 36.4 Å². The van der Waals surface area contributed by atoms with Gasteiger partial charge in [-0.25, -0.2) is 0 Å². The number of allylic oxidation sites excluding steroid dienone is 6. The first-order valence-electron chi connectivity index (χ1n) is 20.9. The Morgan fingerprint density at radius 1 is 0.469 bits per heavy atom. The number of ether oxygens (including phenoxy) is 2. The van der Waals surface area contributed by atoms with Gasteiger partial charge in [-0.1, -0.05) is 131 Å². The van der Waals surface area contributed by atoms with Crippen LogP contribution >= 0.6 is 0 Å². The molecule has 362 valence electrons. The topological polar surface area (TPSA) is 185 Å². The fraction of sp³-hybridized carbons (Fsp3) is 0.520. The number of carbonyl (C=O) groups excluding carboxylic acids is 4. The minimum Gasteiger partial charge on any atom is -0.875 e. The van der Waals surface area contributed by atoms with E-state index in [0.717, 1.165) is 76.9 Å². The van der Waals surface area contributed by atoms with Crippen molar-refractivity contribution in [3.05, 3.63) is 107 Å². The minimum atomic E-state index is -0.643. The zero-order valence-corrected chi connectivity index (χ0v) is 42.0. The summed E-state index contributed by atoms with van der Waals surface area (Å²) in [5, 5.41) is 48.2. The summed E-state index contributed by atoms with van der Waals surface area (Å²) < 4.78 is 10.2. The van der Waals surface area contributed by atoms with Gasteiger partial charge in [0.05, 0.1) is 26.4 Å². The zero-order chi connectivity index (χ0) is 47.6. The molecule has 64 heavy (non-hydrogen) atoms. The molecule has 2 aromatic rings. The maximum atomic E-state index is 12.2. The Morgan fingerprint density at radius 3 is 0.953 bits per heavy atom. The van der Waals surface area contributed by atoms with Crippen LogP contribution in [0.5, 0.6) is 0 Å². The third-order valence-corrected chi connectivity index (χ3v) is 9.34. The molecule has 2 fully saturated rings. The van der Waals surface area contributed by atoms with Crippen LogP contribution in [-0.2, 0) is 53.2 Å². The average Bonchev–Trinajstić information content (AvgIpc) is 3.17. The smallest absolute Gasteiger partial charge is 0.875 e. The zero-order valence-electron chi connectivity index (χ0n) is 40.2. The molecule has 0 bridgehead atoms. The van der Waals surface area contributed by atoms with E-state index in [9.17, 15) is 39.6 Å². The van der Waals surface area contributed by atoms with E-state index in [1.54, 1.807) is 95.2 Å². The molecule has 0 atom stereocenters. The summed E-state index contributed by atoms with van der Waals surface area (Å²) in [6.45, 7) is 28.8. The van der Waals surface area contributed by atoms with Crippen LogP contribution in [0.25, 0.3) is 11.5 Å². The van der Waals surface area contributed by atoms with Gasteiger partial charge in [-0.05, 0) is 72.5 Å². The number of carbonyl (C=O) groups is 4. The van der Waals surface area contributed by atoms with Gasteiger partial charge in [-0.3, -0.25) is 19.2 Å². The van der Waals surface area contributed by atoms with Crippen molar-refractivity contribution in [2.45, 2.75) is 83.1 Å². The van der Waals surface area contributed by atoms with Crippen molar-refractivity contribution in [3.8, 4) is 0 Å². The Balaban J connectivity index is 0. The quantitative estimate of drug-likeness (QED) is 0.152. The molecule has 0 N–H and O–H groups in total. The van der Waals surface area contributed by atoms with Gasteiger partial charge in [0.15, 0.2) is 23.1 Å². The molecule has 2 aliphatic rings. The van der Waals surface area contributed by atoms with Gasteiger partial charge in [0, 0.05) is 48.1 Å². The Hall–Kier alpha value is -3.84. The summed E-state index contributed by atoms with van der Waals surface area (Å²) in [6.07, 6.45) is 4.20. The third-order valence-electron chi connectivity index (χ3n) is 9.34. The maximum absolute atomic E-state index is 12.2. The van der Waals surface area contributed by atoms with Crippen LogP contribution in [0.1, 0.15) is 115 Å². The molecule has 14 heteroatoms. The largest absolute Gasteiger partial charge is 2.00 e. The summed E-state index contributed by atoms with van der Waals surface area (Å²) >= 11 is 0. The number of ketones is 4. The van der Waals surface area contributed by atoms with Crippen molar-refractivity contribution in [3.63, 3.8) is 0 Å². The fourth-order valence-corrected chi connectivity index (χ4v) is 4.64. The van der Waals surface area contributed by atoms with Gasteiger partial charge in [0.1, 0.15) is 0 Å². The fourth-order valence-electron chi connectivity index (χ4n) is 4.64. The molecule has 0 aliphatic carbocycles. The molecule has 4 rings (SSSR count). The van der Waals surface area contributed by atoms with E-state index in [2.05, 4.69) is 23.9 Å². The van der Waals surface area contributed by atoms with E-state index < -0.39 is 44.7 Å². The number of likely N-dealkylation sites (N-methyl/N-ethyl adjacent to an activating group) is 2. The van der Waals surface area contributed by atoms with E-state index in [4.69, 9.17) is 9.47 Å². The summed E-state index contributed by atoms with van der Waals surface area (Å²) in [4.78, 5) is 52.8. The van der Waals surface area contributed by atoms with Crippen LogP contribution in [0.15, 0.2) is 84.4 Å². The molecular weight excluding hydrogens is 916 g/mol. The third kappa shape index (κ3) is 24.4. The Morgan fingerprint density at radius 2 is 0.734 bits per heavy atom. The van der Waals surface area contributed by atoms with Gasteiger partial charge in [-0.15, -0.1) is 11.5 Å². The molecule has 0 amide bonds. The maximum Gasteiger partial charge on any atom is 2.00 e. The molecule has 12 nitrogen and oxygen atoms in total. The van der Waals surface area contributed by atoms with Gasteiger partial charge >= 0.3 is 34.1 Å². The van der Waals surface area contributed by atoms with Gasteiger partial charge in [0.25, 0.3) is 0 Å². The van der Waals surface area contributed by atoms with Gasteiger partial charge in [-0.2, -0.15) is 0 Å². The van der Waals surface area contributed by atoms with Crippen molar-refractivity contribution >= 4 is 34.7 Å². The second kappa shape index (κ2) is 28.3. The monoisotopic (exact) mass is 984 g/mol. The predicted octanol–water partition coefficient (Wildman–Crippen LogP) is 4.84. The summed E-state index contributed by atoms with van der Waals surface area (Å²) in [7, 11) is 4.23. The Labute approximate surface area is 403 Å². The van der Waals surface area contributed by atoms with Crippen molar-refractivity contribution in [2.24, 2.45) is 21.7 Å². The predicted molar refractivity (Wildman–Crippen MR) is 238 cm³/mol. The molecule has 0 spiro atoms.